The molecule has 1 aliphatic carbocycles. The molecule has 0 saturated heterocycles. The normalized spacial score (nSPS) is 16.8. The summed E-state index contributed by atoms with van der Waals surface area (Å²) in [5, 5.41) is 10.7. The fourth-order valence-electron chi connectivity index (χ4n) is 1.02. The third kappa shape index (κ3) is 1.49. The molecule has 1 fully saturated rings. The Morgan fingerprint density at radius 2 is 2.50 bits per heavy atom. The number of imidazole rings is 1. The molecule has 0 aliphatic heterocycles. The lowest BCUT2D eigenvalue weighted by atomic mass is 10.5. The predicted molar refractivity (Wildman–Crippen MR) is 48.0 cm³/mol. The lowest BCUT2D eigenvalue weighted by molar-refractivity contribution is 0.271. The van der Waals surface area contributed by atoms with E-state index in [1.54, 1.807) is 6.20 Å². The first kappa shape index (κ1) is 8.13. The molecular weight excluding hydrogens is 172 g/mol. The number of rotatable bonds is 3. The van der Waals surface area contributed by atoms with Crippen molar-refractivity contribution in [3.05, 3.63) is 11.9 Å². The molecule has 1 N–H and O–H groups in total. The standard InChI is InChI=1S/C8H12N2OS/c1-10-6(5-11)4-9-8(10)12-7-2-3-7/h4,7,11H,2-3,5H2,1H3. The fraction of sp³-hybridized carbons (Fsp3) is 0.625. The Morgan fingerprint density at radius 1 is 1.75 bits per heavy atom. The van der Waals surface area contributed by atoms with Crippen molar-refractivity contribution in [2.45, 2.75) is 29.9 Å². The van der Waals surface area contributed by atoms with Crippen LogP contribution in [0.3, 0.4) is 0 Å². The van der Waals surface area contributed by atoms with Crippen LogP contribution >= 0.6 is 11.8 Å². The minimum absolute atomic E-state index is 0.0781. The molecule has 0 amide bonds. The summed E-state index contributed by atoms with van der Waals surface area (Å²) >= 11 is 1.81. The molecule has 12 heavy (non-hydrogen) atoms. The highest BCUT2D eigenvalue weighted by Gasteiger charge is 2.24. The molecule has 0 radical (unpaired) electrons. The molecule has 0 spiro atoms. The summed E-state index contributed by atoms with van der Waals surface area (Å²) in [5.74, 6) is 0. The highest BCUT2D eigenvalue weighted by atomic mass is 32.2. The van der Waals surface area contributed by atoms with Crippen molar-refractivity contribution in [3.63, 3.8) is 0 Å². The second kappa shape index (κ2) is 3.11. The van der Waals surface area contributed by atoms with Gasteiger partial charge in [0.2, 0.25) is 0 Å². The van der Waals surface area contributed by atoms with E-state index in [4.69, 9.17) is 5.11 Å². The average Bonchev–Trinajstić information content (AvgIpc) is 2.80. The lowest BCUT2D eigenvalue weighted by Gasteiger charge is -2.01. The zero-order valence-corrected chi connectivity index (χ0v) is 7.84. The maximum Gasteiger partial charge on any atom is 0.168 e. The van der Waals surface area contributed by atoms with Crippen molar-refractivity contribution in [2.75, 3.05) is 0 Å². The van der Waals surface area contributed by atoms with Crippen LogP contribution < -0.4 is 0 Å². The lowest BCUT2D eigenvalue weighted by Crippen LogP contribution is -1.97. The van der Waals surface area contributed by atoms with Gasteiger partial charge in [0.1, 0.15) is 0 Å². The van der Waals surface area contributed by atoms with E-state index in [-0.39, 0.29) is 6.61 Å². The maximum atomic E-state index is 8.91. The number of hydrogen-bond donors (Lipinski definition) is 1. The molecule has 0 aromatic carbocycles. The largest absolute Gasteiger partial charge is 0.390 e. The number of thioether (sulfide) groups is 1. The van der Waals surface area contributed by atoms with Crippen molar-refractivity contribution in [1.29, 1.82) is 0 Å². The van der Waals surface area contributed by atoms with E-state index in [2.05, 4.69) is 4.98 Å². The van der Waals surface area contributed by atoms with Crippen molar-refractivity contribution in [2.24, 2.45) is 7.05 Å². The fourth-order valence-corrected chi connectivity index (χ4v) is 2.08. The van der Waals surface area contributed by atoms with Crippen LogP contribution in [0.4, 0.5) is 0 Å². The Morgan fingerprint density at radius 3 is 3.00 bits per heavy atom. The van der Waals surface area contributed by atoms with Gasteiger partial charge in [-0.25, -0.2) is 4.98 Å². The Bertz CT molecular complexity index is 281. The Kier molecular flexibility index (Phi) is 2.11. The molecule has 66 valence electrons. The smallest absolute Gasteiger partial charge is 0.168 e. The Labute approximate surface area is 75.8 Å². The summed E-state index contributed by atoms with van der Waals surface area (Å²) in [6.45, 7) is 0.0781. The summed E-state index contributed by atoms with van der Waals surface area (Å²) in [5.41, 5.74) is 0.887. The summed E-state index contributed by atoms with van der Waals surface area (Å²) in [7, 11) is 1.95. The number of aliphatic hydroxyl groups excluding tert-OH is 1. The molecule has 0 bridgehead atoms. The summed E-state index contributed by atoms with van der Waals surface area (Å²) in [4.78, 5) is 4.23. The second-order valence-corrected chi connectivity index (χ2v) is 4.33. The van der Waals surface area contributed by atoms with Crippen molar-refractivity contribution < 1.29 is 5.11 Å². The topological polar surface area (TPSA) is 38.0 Å². The Balaban J connectivity index is 2.13. The van der Waals surface area contributed by atoms with Gasteiger partial charge in [-0.3, -0.25) is 0 Å². The van der Waals surface area contributed by atoms with Gasteiger partial charge in [-0.1, -0.05) is 11.8 Å². The van der Waals surface area contributed by atoms with E-state index in [0.717, 1.165) is 16.1 Å². The van der Waals surface area contributed by atoms with Gasteiger partial charge in [0.05, 0.1) is 18.5 Å². The minimum Gasteiger partial charge on any atom is -0.390 e. The predicted octanol–water partition coefficient (Wildman–Crippen LogP) is 1.17. The third-order valence-electron chi connectivity index (χ3n) is 2.00. The second-order valence-electron chi connectivity index (χ2n) is 3.07. The maximum absolute atomic E-state index is 8.91. The molecule has 1 aliphatic rings. The van der Waals surface area contributed by atoms with Crippen LogP contribution in [-0.4, -0.2) is 19.9 Å². The van der Waals surface area contributed by atoms with Gasteiger partial charge in [0, 0.05) is 12.3 Å². The first-order valence-corrected chi connectivity index (χ1v) is 4.97. The molecule has 3 nitrogen and oxygen atoms in total. The van der Waals surface area contributed by atoms with Gasteiger partial charge in [-0.15, -0.1) is 0 Å². The summed E-state index contributed by atoms with van der Waals surface area (Å²) in [6.07, 6.45) is 4.36. The zero-order valence-electron chi connectivity index (χ0n) is 7.03. The molecule has 2 rings (SSSR count). The number of aromatic nitrogens is 2. The summed E-state index contributed by atoms with van der Waals surface area (Å²) < 4.78 is 1.96. The van der Waals surface area contributed by atoms with Gasteiger partial charge in [-0.05, 0) is 12.8 Å². The van der Waals surface area contributed by atoms with Crippen molar-refractivity contribution in [3.8, 4) is 0 Å². The summed E-state index contributed by atoms with van der Waals surface area (Å²) in [6, 6.07) is 0. The zero-order chi connectivity index (χ0) is 8.55. The Hall–Kier alpha value is -0.480. The van der Waals surface area contributed by atoms with Crippen LogP contribution in [0.2, 0.25) is 0 Å². The molecule has 4 heteroatoms. The monoisotopic (exact) mass is 184 g/mol. The van der Waals surface area contributed by atoms with Crippen LogP contribution in [0.1, 0.15) is 18.5 Å². The average molecular weight is 184 g/mol. The molecule has 1 aromatic heterocycles. The van der Waals surface area contributed by atoms with Crippen LogP contribution in [0.15, 0.2) is 11.4 Å². The van der Waals surface area contributed by atoms with Crippen LogP contribution in [0.25, 0.3) is 0 Å². The SMILES string of the molecule is Cn1c(CO)cnc1SC1CC1. The van der Waals surface area contributed by atoms with Crippen molar-refractivity contribution >= 4 is 11.8 Å². The van der Waals surface area contributed by atoms with Gasteiger partial charge in [0.25, 0.3) is 0 Å². The first-order chi connectivity index (χ1) is 5.81. The van der Waals surface area contributed by atoms with Gasteiger partial charge < -0.3 is 9.67 Å². The van der Waals surface area contributed by atoms with Crippen LogP contribution in [0.5, 0.6) is 0 Å². The number of nitrogens with zero attached hydrogens (tertiary/aromatic N) is 2. The molecule has 0 atom stereocenters. The van der Waals surface area contributed by atoms with Crippen LogP contribution in [0, 0.1) is 0 Å². The quantitative estimate of drug-likeness (QED) is 0.766. The van der Waals surface area contributed by atoms with Gasteiger partial charge in [0.15, 0.2) is 5.16 Å². The van der Waals surface area contributed by atoms with E-state index in [1.165, 1.54) is 12.8 Å². The van der Waals surface area contributed by atoms with E-state index in [1.807, 2.05) is 23.4 Å². The van der Waals surface area contributed by atoms with Crippen LogP contribution in [-0.2, 0) is 13.7 Å². The highest BCUT2D eigenvalue weighted by Crippen LogP contribution is 2.38. The van der Waals surface area contributed by atoms with E-state index >= 15 is 0 Å². The highest BCUT2D eigenvalue weighted by molar-refractivity contribution is 8.00. The molecular formula is C8H12N2OS. The molecule has 0 unspecified atom stereocenters. The van der Waals surface area contributed by atoms with E-state index in [9.17, 15) is 0 Å². The van der Waals surface area contributed by atoms with Gasteiger partial charge >= 0.3 is 0 Å². The third-order valence-corrected chi connectivity index (χ3v) is 3.40. The van der Waals surface area contributed by atoms with E-state index < -0.39 is 0 Å². The van der Waals surface area contributed by atoms with E-state index in [0.29, 0.717) is 0 Å². The van der Waals surface area contributed by atoms with Gasteiger partial charge in [-0.2, -0.15) is 0 Å². The number of aliphatic hydroxyl groups is 1. The molecule has 1 aromatic rings. The van der Waals surface area contributed by atoms with Crippen molar-refractivity contribution in [1.82, 2.24) is 9.55 Å². The number of hydrogen-bond acceptors (Lipinski definition) is 3. The minimum atomic E-state index is 0.0781. The molecule has 1 saturated carbocycles. The first-order valence-electron chi connectivity index (χ1n) is 4.09. The molecule has 1 heterocycles.